The SMILES string of the molecule is CC(C)(C)OC(=O)Nc1cc(C(F)(F)F)c2nc1-c1nnc(o1)[C@@](OCc1ccccc1)(C(F)(F)F)CC=CCCN(C1CCC(C#N)CC1)C2=O. The molecule has 11 nitrogen and oxygen atoms in total. The number of halogens is 6. The van der Waals surface area contributed by atoms with Gasteiger partial charge in [0.15, 0.2) is 5.69 Å². The van der Waals surface area contributed by atoms with Gasteiger partial charge in [0.05, 0.1) is 23.9 Å². The van der Waals surface area contributed by atoms with Gasteiger partial charge in [0, 0.05) is 24.9 Å². The van der Waals surface area contributed by atoms with Crippen molar-refractivity contribution >= 4 is 17.7 Å². The Morgan fingerprint density at radius 2 is 1.73 bits per heavy atom. The number of ether oxygens (including phenoxy) is 2. The quantitative estimate of drug-likeness (QED) is 0.202. The predicted octanol–water partition coefficient (Wildman–Crippen LogP) is 8.35. The van der Waals surface area contributed by atoms with Crippen molar-refractivity contribution < 1.29 is 49.8 Å². The minimum absolute atomic E-state index is 0.0435. The van der Waals surface area contributed by atoms with E-state index in [1.54, 1.807) is 30.3 Å². The molecular formula is C35H36F6N6O5. The first-order valence-corrected chi connectivity index (χ1v) is 16.5. The van der Waals surface area contributed by atoms with Crippen LogP contribution < -0.4 is 5.32 Å². The molecule has 3 aromatic rings. The summed E-state index contributed by atoms with van der Waals surface area (Å²) in [6, 6.07) is 10.0. The fraction of sp³-hybridized carbons (Fsp3) is 0.486. The van der Waals surface area contributed by atoms with Crippen LogP contribution >= 0.6 is 0 Å². The fourth-order valence-corrected chi connectivity index (χ4v) is 6.04. The Hall–Kier alpha value is -4.98. The van der Waals surface area contributed by atoms with Gasteiger partial charge in [-0.15, -0.1) is 10.2 Å². The molecule has 1 aromatic carbocycles. The zero-order valence-electron chi connectivity index (χ0n) is 28.5. The molecule has 1 saturated carbocycles. The van der Waals surface area contributed by atoms with Crippen LogP contribution in [0.25, 0.3) is 11.6 Å². The zero-order chi connectivity index (χ0) is 37.9. The molecule has 1 fully saturated rings. The van der Waals surface area contributed by atoms with Crippen LogP contribution in [0.5, 0.6) is 0 Å². The van der Waals surface area contributed by atoms with Gasteiger partial charge < -0.3 is 18.8 Å². The number of hydrogen-bond donors (Lipinski definition) is 1. The van der Waals surface area contributed by atoms with E-state index < -0.39 is 89.0 Å². The normalized spacial score (nSPS) is 21.6. The van der Waals surface area contributed by atoms with Crippen LogP contribution in [-0.2, 0) is 27.9 Å². The lowest BCUT2D eigenvalue weighted by molar-refractivity contribution is -0.295. The molecule has 0 saturated heterocycles. The van der Waals surface area contributed by atoms with E-state index in [1.807, 2.05) is 0 Å². The third kappa shape index (κ3) is 8.55. The Morgan fingerprint density at radius 1 is 1.04 bits per heavy atom. The molecule has 3 heterocycles. The van der Waals surface area contributed by atoms with Gasteiger partial charge in [-0.2, -0.15) is 31.6 Å². The van der Waals surface area contributed by atoms with Crippen molar-refractivity contribution in [1.29, 1.82) is 5.26 Å². The number of hydrogen-bond acceptors (Lipinski definition) is 9. The maximum Gasteiger partial charge on any atom is 0.426 e. The van der Waals surface area contributed by atoms with Gasteiger partial charge in [-0.05, 0) is 64.5 Å². The van der Waals surface area contributed by atoms with E-state index >= 15 is 13.2 Å². The number of nitriles is 1. The zero-order valence-corrected chi connectivity index (χ0v) is 28.5. The smallest absolute Gasteiger partial charge is 0.426 e. The molecule has 4 bridgehead atoms. The number of fused-ring (bicyclic) bond motifs is 5. The van der Waals surface area contributed by atoms with Gasteiger partial charge >= 0.3 is 18.4 Å². The van der Waals surface area contributed by atoms with Crippen molar-refractivity contribution in [3.05, 3.63) is 71.3 Å². The highest BCUT2D eigenvalue weighted by Crippen LogP contribution is 2.47. The van der Waals surface area contributed by atoms with E-state index in [0.29, 0.717) is 37.3 Å². The van der Waals surface area contributed by atoms with Crippen LogP contribution in [0.15, 0.2) is 53.0 Å². The molecule has 0 radical (unpaired) electrons. The molecule has 1 aliphatic carbocycles. The number of nitrogens with one attached hydrogen (secondary N) is 1. The van der Waals surface area contributed by atoms with E-state index in [-0.39, 0.29) is 18.9 Å². The van der Waals surface area contributed by atoms with Gasteiger partial charge in [-0.25, -0.2) is 9.78 Å². The molecule has 2 aliphatic rings. The second kappa shape index (κ2) is 14.9. The van der Waals surface area contributed by atoms with Crippen molar-refractivity contribution in [2.75, 3.05) is 11.9 Å². The first kappa shape index (κ1) is 38.3. The van der Waals surface area contributed by atoms with Crippen LogP contribution in [0.1, 0.15) is 86.8 Å². The molecule has 0 unspecified atom stereocenters. The van der Waals surface area contributed by atoms with Crippen molar-refractivity contribution in [3.63, 3.8) is 0 Å². The van der Waals surface area contributed by atoms with E-state index in [2.05, 4.69) is 26.6 Å². The Labute approximate surface area is 295 Å². The minimum Gasteiger partial charge on any atom is -0.444 e. The summed E-state index contributed by atoms with van der Waals surface area (Å²) in [5.41, 5.74) is -7.98. The van der Waals surface area contributed by atoms with Crippen LogP contribution in [0, 0.1) is 17.2 Å². The lowest BCUT2D eigenvalue weighted by atomic mass is 9.86. The van der Waals surface area contributed by atoms with Gasteiger partial charge in [-0.1, -0.05) is 42.5 Å². The number of pyridine rings is 1. The van der Waals surface area contributed by atoms with E-state index in [9.17, 15) is 28.0 Å². The molecule has 5 rings (SSSR count). The van der Waals surface area contributed by atoms with Crippen LogP contribution in [0.3, 0.4) is 0 Å². The molecule has 17 heteroatoms. The van der Waals surface area contributed by atoms with Gasteiger partial charge in [0.25, 0.3) is 17.7 Å². The summed E-state index contributed by atoms with van der Waals surface area (Å²) in [5, 5.41) is 18.9. The van der Waals surface area contributed by atoms with Gasteiger partial charge in [0.2, 0.25) is 5.60 Å². The lowest BCUT2D eigenvalue weighted by Gasteiger charge is -2.36. The number of alkyl halides is 6. The largest absolute Gasteiger partial charge is 0.444 e. The maximum absolute atomic E-state index is 15.2. The van der Waals surface area contributed by atoms with Crippen molar-refractivity contribution in [3.8, 4) is 17.7 Å². The summed E-state index contributed by atoms with van der Waals surface area (Å²) in [4.78, 5) is 32.2. The first-order chi connectivity index (χ1) is 24.4. The number of aromatic nitrogens is 3. The summed E-state index contributed by atoms with van der Waals surface area (Å²) in [6.45, 7) is 3.80. The number of nitrogens with zero attached hydrogens (tertiary/aromatic N) is 5. The molecular weight excluding hydrogens is 698 g/mol. The molecule has 0 spiro atoms. The lowest BCUT2D eigenvalue weighted by Crippen LogP contribution is -2.45. The Balaban J connectivity index is 1.71. The van der Waals surface area contributed by atoms with E-state index in [4.69, 9.17) is 13.9 Å². The number of carbonyl (C=O) groups excluding carboxylic acids is 2. The summed E-state index contributed by atoms with van der Waals surface area (Å²) in [5.74, 6) is -3.32. The van der Waals surface area contributed by atoms with Gasteiger partial charge in [-0.3, -0.25) is 10.1 Å². The average Bonchev–Trinajstić information content (AvgIpc) is 3.56. The molecule has 1 N–H and O–H groups in total. The third-order valence-electron chi connectivity index (χ3n) is 8.61. The molecule has 2 amide bonds. The maximum atomic E-state index is 15.2. The third-order valence-corrected chi connectivity index (χ3v) is 8.61. The molecule has 1 aliphatic heterocycles. The Kier molecular flexibility index (Phi) is 11.0. The summed E-state index contributed by atoms with van der Waals surface area (Å²) >= 11 is 0. The minimum atomic E-state index is -5.19. The predicted molar refractivity (Wildman–Crippen MR) is 172 cm³/mol. The van der Waals surface area contributed by atoms with Crippen molar-refractivity contribution in [2.45, 2.75) is 95.5 Å². The molecule has 52 heavy (non-hydrogen) atoms. The van der Waals surface area contributed by atoms with E-state index in [0.717, 1.165) is 0 Å². The second-order valence-corrected chi connectivity index (χ2v) is 13.5. The Bertz CT molecular complexity index is 1820. The highest BCUT2D eigenvalue weighted by molar-refractivity contribution is 5.97. The molecule has 1 atom stereocenters. The van der Waals surface area contributed by atoms with Crippen LogP contribution in [-0.4, -0.2) is 56.4 Å². The van der Waals surface area contributed by atoms with Crippen LogP contribution in [0.4, 0.5) is 36.8 Å². The van der Waals surface area contributed by atoms with Crippen LogP contribution in [0.2, 0.25) is 0 Å². The number of benzene rings is 1. The number of anilines is 1. The molecule has 278 valence electrons. The summed E-state index contributed by atoms with van der Waals surface area (Å²) in [6.07, 6.45) is -8.53. The highest BCUT2D eigenvalue weighted by Gasteiger charge is 2.61. The second-order valence-electron chi connectivity index (χ2n) is 13.5. The van der Waals surface area contributed by atoms with Crippen molar-refractivity contribution in [2.24, 2.45) is 5.92 Å². The number of rotatable bonds is 5. The average molecular weight is 735 g/mol. The fourth-order valence-electron chi connectivity index (χ4n) is 6.04. The monoisotopic (exact) mass is 734 g/mol. The standard InChI is InChI=1S/C35H36F6N6O5/c1-32(2,3)52-31(49)43-25-18-24(34(36,37)38)26-29(48)47(23-14-12-21(19-42)13-15-23)17-9-5-8-16-33(35(39,40)41,50-20-22-10-6-4-7-11-22)30-46-45-28(51-30)27(25)44-26/h4-8,10-11,18,21,23H,9,12-17,20H2,1-3H3,(H,43,49)/t21?,23?,33-/m1/s1. The summed E-state index contributed by atoms with van der Waals surface area (Å²) < 4.78 is 106. The number of amides is 2. The highest BCUT2D eigenvalue weighted by atomic mass is 19.4. The summed E-state index contributed by atoms with van der Waals surface area (Å²) in [7, 11) is 0. The number of carbonyl (C=O) groups is 2. The Morgan fingerprint density at radius 3 is 2.35 bits per heavy atom. The van der Waals surface area contributed by atoms with Crippen molar-refractivity contribution in [1.82, 2.24) is 20.1 Å². The van der Waals surface area contributed by atoms with E-state index in [1.165, 1.54) is 37.8 Å². The molecule has 2 aromatic heterocycles. The topological polar surface area (TPSA) is 143 Å². The first-order valence-electron chi connectivity index (χ1n) is 16.5. The van der Waals surface area contributed by atoms with Gasteiger partial charge in [0.1, 0.15) is 11.3 Å².